The lowest BCUT2D eigenvalue weighted by Gasteiger charge is -2.18. The number of anilines is 1. The Kier molecular flexibility index (Phi) is 8.52. The smallest absolute Gasteiger partial charge is 0.312 e. The van der Waals surface area contributed by atoms with Crippen molar-refractivity contribution >= 4 is 58.3 Å². The Balaban J connectivity index is 2.48. The number of hydrogen-bond donors (Lipinski definition) is 5. The average molecular weight is 376 g/mol. The molecule has 0 saturated carbocycles. The van der Waals surface area contributed by atoms with Crippen molar-refractivity contribution in [2.45, 2.75) is 12.5 Å². The zero-order valence-electron chi connectivity index (χ0n) is 12.4. The molecule has 3 amide bonds. The van der Waals surface area contributed by atoms with Gasteiger partial charge in [0, 0.05) is 10.7 Å². The topological polar surface area (TPSA) is 108 Å². The largest absolute Gasteiger partial charge is 0.352 e. The second-order valence-electron chi connectivity index (χ2n) is 4.42. The van der Waals surface area contributed by atoms with E-state index in [2.05, 4.69) is 21.5 Å². The van der Waals surface area contributed by atoms with Crippen LogP contribution in [0.15, 0.2) is 24.3 Å². The van der Waals surface area contributed by atoms with Gasteiger partial charge in [0.1, 0.15) is 6.04 Å². The number of benzene rings is 1. The second-order valence-corrected chi connectivity index (χ2v) is 6.25. The SMILES string of the molecule is CSCC[C@H](NC(N)=O)C(=O)NNC(=S)Nc1cccc(Cl)c1. The highest BCUT2D eigenvalue weighted by molar-refractivity contribution is 7.98. The molecule has 0 radical (unpaired) electrons. The van der Waals surface area contributed by atoms with E-state index in [1.54, 1.807) is 36.0 Å². The molecule has 0 aliphatic carbocycles. The van der Waals surface area contributed by atoms with Crippen molar-refractivity contribution in [2.75, 3.05) is 17.3 Å². The fourth-order valence-corrected chi connectivity index (χ4v) is 2.44. The van der Waals surface area contributed by atoms with Crippen LogP contribution in [0.25, 0.3) is 0 Å². The van der Waals surface area contributed by atoms with Gasteiger partial charge in [-0.2, -0.15) is 11.8 Å². The molecule has 0 bridgehead atoms. The molecule has 1 atom stereocenters. The van der Waals surface area contributed by atoms with E-state index >= 15 is 0 Å². The highest BCUT2D eigenvalue weighted by Gasteiger charge is 2.19. The van der Waals surface area contributed by atoms with Crippen LogP contribution in [-0.4, -0.2) is 35.1 Å². The highest BCUT2D eigenvalue weighted by Crippen LogP contribution is 2.14. The van der Waals surface area contributed by atoms with Crippen LogP contribution in [-0.2, 0) is 4.79 Å². The first-order chi connectivity index (χ1) is 10.9. The number of hydrazine groups is 1. The lowest BCUT2D eigenvalue weighted by atomic mass is 10.2. The Hall–Kier alpha value is -1.71. The van der Waals surface area contributed by atoms with Gasteiger partial charge in [0.15, 0.2) is 5.11 Å². The van der Waals surface area contributed by atoms with Crippen LogP contribution in [0.1, 0.15) is 6.42 Å². The molecule has 10 heteroatoms. The van der Waals surface area contributed by atoms with Gasteiger partial charge in [-0.25, -0.2) is 4.79 Å². The van der Waals surface area contributed by atoms with Crippen LogP contribution in [0.4, 0.5) is 10.5 Å². The molecule has 0 spiro atoms. The summed E-state index contributed by atoms with van der Waals surface area (Å²) >= 11 is 12.5. The summed E-state index contributed by atoms with van der Waals surface area (Å²) < 4.78 is 0. The molecule has 6 N–H and O–H groups in total. The minimum atomic E-state index is -0.758. The maximum Gasteiger partial charge on any atom is 0.312 e. The lowest BCUT2D eigenvalue weighted by molar-refractivity contribution is -0.123. The molecule has 0 heterocycles. The van der Waals surface area contributed by atoms with Crippen molar-refractivity contribution in [1.29, 1.82) is 0 Å². The summed E-state index contributed by atoms with van der Waals surface area (Å²) in [6.45, 7) is 0. The van der Waals surface area contributed by atoms with Crippen LogP contribution in [0.3, 0.4) is 0 Å². The molecule has 23 heavy (non-hydrogen) atoms. The number of thioether (sulfide) groups is 1. The number of thiocarbonyl (C=S) groups is 1. The third kappa shape index (κ3) is 7.91. The number of urea groups is 1. The molecule has 0 aliphatic heterocycles. The number of halogens is 1. The number of rotatable bonds is 6. The van der Waals surface area contributed by atoms with Gasteiger partial charge in [0.25, 0.3) is 5.91 Å². The standard InChI is InChI=1S/C13H18ClN5O2S2/c1-23-6-5-10(17-12(15)21)11(20)18-19-13(22)16-9-4-2-3-8(14)7-9/h2-4,7,10H,5-6H2,1H3,(H,18,20)(H3,15,17,21)(H2,16,19,22)/t10-/m0/s1. The van der Waals surface area contributed by atoms with E-state index in [1.165, 1.54) is 0 Å². The average Bonchev–Trinajstić information content (AvgIpc) is 2.48. The third-order valence-corrected chi connectivity index (χ3v) is 3.71. The second kappa shape index (κ2) is 10.1. The first kappa shape index (κ1) is 19.3. The zero-order valence-corrected chi connectivity index (χ0v) is 14.8. The predicted molar refractivity (Wildman–Crippen MR) is 98.5 cm³/mol. The molecule has 0 fully saturated rings. The maximum atomic E-state index is 12.0. The molecule has 1 rings (SSSR count). The minimum absolute atomic E-state index is 0.184. The van der Waals surface area contributed by atoms with Crippen molar-refractivity contribution in [3.63, 3.8) is 0 Å². The van der Waals surface area contributed by atoms with Gasteiger partial charge in [-0.3, -0.25) is 15.6 Å². The maximum absolute atomic E-state index is 12.0. The normalized spacial score (nSPS) is 11.2. The van der Waals surface area contributed by atoms with Crippen LogP contribution in [0.2, 0.25) is 5.02 Å². The monoisotopic (exact) mass is 375 g/mol. The van der Waals surface area contributed by atoms with Crippen LogP contribution < -0.4 is 27.2 Å². The number of carbonyl (C=O) groups excluding carboxylic acids is 2. The number of nitrogens with two attached hydrogens (primary N) is 1. The van der Waals surface area contributed by atoms with Crippen molar-refractivity contribution in [2.24, 2.45) is 5.73 Å². The van der Waals surface area contributed by atoms with Gasteiger partial charge in [-0.1, -0.05) is 17.7 Å². The number of carbonyl (C=O) groups is 2. The van der Waals surface area contributed by atoms with E-state index in [-0.39, 0.29) is 5.11 Å². The molecule has 1 aromatic rings. The van der Waals surface area contributed by atoms with E-state index in [9.17, 15) is 9.59 Å². The molecule has 0 aliphatic rings. The fraction of sp³-hybridized carbons (Fsp3) is 0.308. The van der Waals surface area contributed by atoms with E-state index in [0.717, 1.165) is 0 Å². The Bertz CT molecular complexity index is 573. The summed E-state index contributed by atoms with van der Waals surface area (Å²) in [6, 6.07) is 5.47. The Labute approximate surface area is 149 Å². The van der Waals surface area contributed by atoms with Gasteiger partial charge in [-0.15, -0.1) is 0 Å². The number of primary amides is 1. The van der Waals surface area contributed by atoms with Crippen molar-refractivity contribution < 1.29 is 9.59 Å². The fourth-order valence-electron chi connectivity index (χ4n) is 1.61. The summed E-state index contributed by atoms with van der Waals surface area (Å²) in [5.74, 6) is 0.261. The molecule has 0 unspecified atom stereocenters. The quantitative estimate of drug-likeness (QED) is 0.380. The lowest BCUT2D eigenvalue weighted by Crippen LogP contribution is -2.54. The van der Waals surface area contributed by atoms with Crippen LogP contribution in [0.5, 0.6) is 0 Å². The molecule has 126 valence electrons. The van der Waals surface area contributed by atoms with Crippen LogP contribution in [0, 0.1) is 0 Å². The number of hydrogen-bond acceptors (Lipinski definition) is 4. The minimum Gasteiger partial charge on any atom is -0.352 e. The van der Waals surface area contributed by atoms with Gasteiger partial charge in [0.05, 0.1) is 0 Å². The summed E-state index contributed by atoms with van der Waals surface area (Å²) in [5, 5.41) is 6.00. The molecular weight excluding hydrogens is 358 g/mol. The number of nitrogens with one attached hydrogen (secondary N) is 4. The predicted octanol–water partition coefficient (Wildman–Crippen LogP) is 1.45. The molecule has 1 aromatic carbocycles. The Morgan fingerprint density at radius 3 is 2.74 bits per heavy atom. The first-order valence-electron chi connectivity index (χ1n) is 6.59. The van der Waals surface area contributed by atoms with E-state index in [0.29, 0.717) is 22.9 Å². The molecule has 7 nitrogen and oxygen atoms in total. The summed E-state index contributed by atoms with van der Waals surface area (Å²) in [6.07, 6.45) is 2.35. The summed E-state index contributed by atoms with van der Waals surface area (Å²) in [7, 11) is 0. The van der Waals surface area contributed by atoms with Gasteiger partial charge >= 0.3 is 6.03 Å². The molecule has 0 saturated heterocycles. The summed E-state index contributed by atoms with van der Waals surface area (Å²) in [4.78, 5) is 23.0. The van der Waals surface area contributed by atoms with Gasteiger partial charge in [-0.05, 0) is 48.8 Å². The van der Waals surface area contributed by atoms with Crippen molar-refractivity contribution in [3.05, 3.63) is 29.3 Å². The Morgan fingerprint density at radius 2 is 2.13 bits per heavy atom. The third-order valence-electron chi connectivity index (χ3n) is 2.63. The van der Waals surface area contributed by atoms with E-state index in [1.807, 2.05) is 6.26 Å². The van der Waals surface area contributed by atoms with Crippen molar-refractivity contribution in [3.8, 4) is 0 Å². The van der Waals surface area contributed by atoms with Crippen LogP contribution >= 0.6 is 35.6 Å². The first-order valence-corrected chi connectivity index (χ1v) is 8.77. The van der Waals surface area contributed by atoms with Crippen molar-refractivity contribution in [1.82, 2.24) is 16.2 Å². The molecular formula is C13H18ClN5O2S2. The zero-order chi connectivity index (χ0) is 17.2. The van der Waals surface area contributed by atoms with E-state index < -0.39 is 18.0 Å². The Morgan fingerprint density at radius 1 is 1.39 bits per heavy atom. The van der Waals surface area contributed by atoms with Gasteiger partial charge in [0.2, 0.25) is 0 Å². The van der Waals surface area contributed by atoms with Gasteiger partial charge < -0.3 is 16.4 Å². The number of amides is 3. The molecule has 0 aromatic heterocycles. The van der Waals surface area contributed by atoms with E-state index in [4.69, 9.17) is 29.6 Å². The summed E-state index contributed by atoms with van der Waals surface area (Å²) in [5.41, 5.74) is 10.7. The highest BCUT2D eigenvalue weighted by atomic mass is 35.5.